The molecule has 0 spiro atoms. The third-order valence-corrected chi connectivity index (χ3v) is 6.94. The van der Waals surface area contributed by atoms with E-state index in [1.54, 1.807) is 0 Å². The number of hydrogen-bond donors (Lipinski definition) is 1. The number of aromatic hydroxyl groups is 1. The van der Waals surface area contributed by atoms with Crippen LogP contribution in [0.25, 0.3) is 5.70 Å². The molecule has 1 unspecified atom stereocenters. The molecule has 0 amide bonds. The lowest BCUT2D eigenvalue weighted by Crippen LogP contribution is -2.17. The van der Waals surface area contributed by atoms with E-state index in [2.05, 4.69) is 66.9 Å². The molecule has 0 saturated heterocycles. The summed E-state index contributed by atoms with van der Waals surface area (Å²) in [7, 11) is 1.89. The van der Waals surface area contributed by atoms with Crippen LogP contribution in [0.5, 0.6) is 5.75 Å². The smallest absolute Gasteiger partial charge is 0.123 e. The molecule has 0 aliphatic carbocycles. The minimum atomic E-state index is -0.104. The molecule has 1 aliphatic rings. The van der Waals surface area contributed by atoms with E-state index < -0.39 is 0 Å². The van der Waals surface area contributed by atoms with E-state index in [-0.39, 0.29) is 20.6 Å². The van der Waals surface area contributed by atoms with Crippen LogP contribution < -0.4 is 0 Å². The van der Waals surface area contributed by atoms with Crippen LogP contribution in [0.2, 0.25) is 0 Å². The van der Waals surface area contributed by atoms with Gasteiger partial charge in [0.1, 0.15) is 5.75 Å². The average Bonchev–Trinajstić information content (AvgIpc) is 2.77. The second-order valence-electron chi connectivity index (χ2n) is 8.14. The number of benzene rings is 1. The molecule has 0 bridgehead atoms. The summed E-state index contributed by atoms with van der Waals surface area (Å²) >= 11 is 0. The minimum Gasteiger partial charge on any atom is -0.507 e. The Kier molecular flexibility index (Phi) is 5.08. The Morgan fingerprint density at radius 2 is 1.52 bits per heavy atom. The molecule has 1 aromatic carbocycles. The van der Waals surface area contributed by atoms with Crippen molar-refractivity contribution in [3.05, 3.63) is 33.7 Å². The first-order chi connectivity index (χ1) is 10.4. The van der Waals surface area contributed by atoms with E-state index in [0.717, 1.165) is 28.8 Å². The minimum absolute atomic E-state index is 0.0109. The maximum absolute atomic E-state index is 10.9. The third-order valence-electron chi connectivity index (χ3n) is 4.03. The van der Waals surface area contributed by atoms with Crippen molar-refractivity contribution in [1.82, 2.24) is 0 Å². The molecule has 4 heteroatoms. The lowest BCUT2D eigenvalue weighted by atomic mass is 9.78. The van der Waals surface area contributed by atoms with Crippen LogP contribution in [0.4, 0.5) is 0 Å². The summed E-state index contributed by atoms with van der Waals surface area (Å²) in [6.45, 7) is 15.1. The van der Waals surface area contributed by atoms with E-state index in [1.807, 2.05) is 10.8 Å². The van der Waals surface area contributed by atoms with Gasteiger partial charge in [-0.2, -0.15) is 0 Å². The van der Waals surface area contributed by atoms with Crippen molar-refractivity contribution in [3.8, 4) is 5.75 Å². The second kappa shape index (κ2) is 6.29. The topological polar surface area (TPSA) is 32.6 Å². The van der Waals surface area contributed by atoms with Crippen molar-refractivity contribution in [2.45, 2.75) is 65.7 Å². The van der Waals surface area contributed by atoms with Crippen molar-refractivity contribution in [3.63, 3.8) is 0 Å². The van der Waals surface area contributed by atoms with E-state index in [4.69, 9.17) is 4.36 Å². The summed E-state index contributed by atoms with van der Waals surface area (Å²) < 4.78 is 4.88. The molecule has 23 heavy (non-hydrogen) atoms. The van der Waals surface area contributed by atoms with Crippen molar-refractivity contribution < 1.29 is 5.11 Å². The van der Waals surface area contributed by atoms with Gasteiger partial charge in [0, 0.05) is 27.9 Å². The molecule has 1 aromatic rings. The Morgan fingerprint density at radius 1 is 1.04 bits per heavy atom. The molecule has 0 radical (unpaired) electrons. The molecule has 1 aliphatic heterocycles. The Labute approximate surface area is 147 Å². The van der Waals surface area contributed by atoms with Crippen molar-refractivity contribution in [2.24, 2.45) is 4.36 Å². The van der Waals surface area contributed by atoms with Gasteiger partial charge >= 0.3 is 0 Å². The van der Waals surface area contributed by atoms with Crippen molar-refractivity contribution >= 4 is 26.2 Å². The highest BCUT2D eigenvalue weighted by molar-refractivity contribution is 8.71. The van der Waals surface area contributed by atoms with Crippen molar-refractivity contribution in [2.75, 3.05) is 6.26 Å². The van der Waals surface area contributed by atoms with Gasteiger partial charge in [-0.05, 0) is 49.9 Å². The van der Waals surface area contributed by atoms with E-state index in [1.165, 1.54) is 4.91 Å². The first-order valence-corrected chi connectivity index (χ1v) is 11.0. The van der Waals surface area contributed by atoms with E-state index >= 15 is 0 Å². The van der Waals surface area contributed by atoms with Crippen LogP contribution in [-0.2, 0) is 20.6 Å². The summed E-state index contributed by atoms with van der Waals surface area (Å²) in [4.78, 5) is 1.36. The standard InChI is InChI=1S/C19H29NOS2/c1-9-15-16(20-23(8)22-15)12-10-13(18(2,3)4)17(21)14(11-12)19(5,6)7/h10-11,21H,9H2,1-8H3. The molecule has 0 saturated carbocycles. The molecular formula is C19H29NOS2. The summed E-state index contributed by atoms with van der Waals surface area (Å²) in [6.07, 6.45) is 3.18. The highest BCUT2D eigenvalue weighted by Crippen LogP contribution is 2.45. The normalized spacial score (nSPS) is 19.2. The fourth-order valence-corrected chi connectivity index (χ4v) is 5.76. The SMILES string of the molecule is CCC1=C(c2cc(C(C)(C)C)c(O)c(C(C)(C)C)c2)N=S(C)S1. The lowest BCUT2D eigenvalue weighted by Gasteiger charge is -2.28. The second-order valence-corrected chi connectivity index (χ2v) is 11.8. The van der Waals surface area contributed by atoms with Gasteiger partial charge in [0.25, 0.3) is 0 Å². The Morgan fingerprint density at radius 3 is 1.91 bits per heavy atom. The molecule has 1 atom stereocenters. The van der Waals surface area contributed by atoms with Crippen LogP contribution >= 0.6 is 10.8 Å². The molecule has 0 fully saturated rings. The summed E-state index contributed by atoms with van der Waals surface area (Å²) in [5.41, 5.74) is 4.08. The number of phenols is 1. The van der Waals surface area contributed by atoms with Gasteiger partial charge in [-0.3, -0.25) is 0 Å². The average molecular weight is 352 g/mol. The van der Waals surface area contributed by atoms with Gasteiger partial charge in [0.05, 0.1) is 5.70 Å². The number of phenolic OH excluding ortho intramolecular Hbond substituents is 1. The summed E-state index contributed by atoms with van der Waals surface area (Å²) in [6, 6.07) is 4.28. The maximum atomic E-state index is 10.9. The monoisotopic (exact) mass is 351 g/mol. The van der Waals surface area contributed by atoms with Crippen LogP contribution in [0.15, 0.2) is 21.4 Å². The van der Waals surface area contributed by atoms with Gasteiger partial charge in [0.15, 0.2) is 0 Å². The maximum Gasteiger partial charge on any atom is 0.123 e. The predicted molar refractivity (Wildman–Crippen MR) is 106 cm³/mol. The van der Waals surface area contributed by atoms with Crippen LogP contribution in [-0.4, -0.2) is 11.4 Å². The fourth-order valence-electron chi connectivity index (χ4n) is 2.74. The molecule has 1 heterocycles. The van der Waals surface area contributed by atoms with E-state index in [9.17, 15) is 5.11 Å². The van der Waals surface area contributed by atoms with Gasteiger partial charge in [-0.15, -0.1) is 0 Å². The zero-order chi connectivity index (χ0) is 17.6. The van der Waals surface area contributed by atoms with Crippen LogP contribution in [0.1, 0.15) is 71.6 Å². The lowest BCUT2D eigenvalue weighted by molar-refractivity contribution is 0.423. The zero-order valence-corrected chi connectivity index (χ0v) is 17.2. The van der Waals surface area contributed by atoms with Gasteiger partial charge in [-0.25, -0.2) is 4.36 Å². The number of allylic oxidation sites excluding steroid dienone is 1. The Balaban J connectivity index is 2.76. The van der Waals surface area contributed by atoms with Crippen molar-refractivity contribution in [1.29, 1.82) is 0 Å². The van der Waals surface area contributed by atoms with E-state index in [0.29, 0.717) is 5.75 Å². The van der Waals surface area contributed by atoms with Crippen LogP contribution in [0.3, 0.4) is 0 Å². The van der Waals surface area contributed by atoms with Gasteiger partial charge in [0.2, 0.25) is 0 Å². The first-order valence-electron chi connectivity index (χ1n) is 8.12. The third kappa shape index (κ3) is 3.85. The Hall–Kier alpha value is -0.740. The molecule has 128 valence electrons. The van der Waals surface area contributed by atoms with Gasteiger partial charge < -0.3 is 5.11 Å². The highest BCUT2D eigenvalue weighted by atomic mass is 33.1. The fraction of sp³-hybridized carbons (Fsp3) is 0.579. The Bertz CT molecular complexity index is 653. The van der Waals surface area contributed by atoms with Gasteiger partial charge in [-0.1, -0.05) is 48.5 Å². The summed E-state index contributed by atoms with van der Waals surface area (Å²) in [5.74, 6) is 0.438. The predicted octanol–water partition coefficient (Wildman–Crippen LogP) is 6.16. The molecule has 0 aromatic heterocycles. The molecule has 2 rings (SSSR count). The number of hydrogen-bond acceptors (Lipinski definition) is 3. The highest BCUT2D eigenvalue weighted by Gasteiger charge is 2.28. The first kappa shape index (κ1) is 18.6. The quantitative estimate of drug-likeness (QED) is 0.647. The number of nitrogens with zero attached hydrogens (tertiary/aromatic N) is 1. The number of rotatable bonds is 2. The zero-order valence-electron chi connectivity index (χ0n) is 15.6. The molecule has 2 nitrogen and oxygen atoms in total. The largest absolute Gasteiger partial charge is 0.507 e. The summed E-state index contributed by atoms with van der Waals surface area (Å²) in [5, 5.41) is 10.9. The van der Waals surface area contributed by atoms with Crippen LogP contribution in [0, 0.1) is 0 Å². The molecular weight excluding hydrogens is 322 g/mol. The molecule has 1 N–H and O–H groups in total.